The third-order valence-electron chi connectivity index (χ3n) is 3.46. The zero-order valence-electron chi connectivity index (χ0n) is 7.41. The molecule has 1 aliphatic carbocycles. The van der Waals surface area contributed by atoms with Crippen molar-refractivity contribution in [2.75, 3.05) is 0 Å². The molecule has 0 heterocycles. The maximum atomic E-state index is 6.24. The van der Waals surface area contributed by atoms with Crippen LogP contribution in [-0.2, 0) is 0 Å². The van der Waals surface area contributed by atoms with Crippen molar-refractivity contribution in [3.63, 3.8) is 0 Å². The largest absolute Gasteiger partial charge is 0.325 e. The van der Waals surface area contributed by atoms with Crippen LogP contribution in [0, 0.1) is 5.41 Å². The Morgan fingerprint density at radius 1 is 1.30 bits per heavy atom. The van der Waals surface area contributed by atoms with Crippen molar-refractivity contribution in [1.82, 2.24) is 0 Å². The van der Waals surface area contributed by atoms with Crippen LogP contribution in [-0.4, -0.2) is 5.54 Å². The Morgan fingerprint density at radius 2 is 1.70 bits per heavy atom. The van der Waals surface area contributed by atoms with Crippen molar-refractivity contribution < 1.29 is 0 Å². The van der Waals surface area contributed by atoms with Gasteiger partial charge in [-0.1, -0.05) is 20.8 Å². The molecule has 0 amide bonds. The van der Waals surface area contributed by atoms with E-state index in [-0.39, 0.29) is 5.54 Å². The van der Waals surface area contributed by atoms with Crippen molar-refractivity contribution in [2.45, 2.75) is 52.0 Å². The summed E-state index contributed by atoms with van der Waals surface area (Å²) in [6.07, 6.45) is 4.93. The first kappa shape index (κ1) is 8.06. The van der Waals surface area contributed by atoms with Crippen molar-refractivity contribution in [3.05, 3.63) is 0 Å². The molecular formula is C9H19N. The Bertz CT molecular complexity index is 121. The van der Waals surface area contributed by atoms with E-state index in [1.54, 1.807) is 0 Å². The van der Waals surface area contributed by atoms with Gasteiger partial charge in [-0.05, 0) is 31.1 Å². The molecule has 0 unspecified atom stereocenters. The summed E-state index contributed by atoms with van der Waals surface area (Å²) >= 11 is 0. The molecule has 0 atom stereocenters. The minimum absolute atomic E-state index is 0.132. The van der Waals surface area contributed by atoms with Gasteiger partial charge in [0.05, 0.1) is 0 Å². The quantitative estimate of drug-likeness (QED) is 0.641. The molecule has 0 radical (unpaired) electrons. The summed E-state index contributed by atoms with van der Waals surface area (Å²) in [5.41, 5.74) is 6.85. The molecule has 0 bridgehead atoms. The Balaban J connectivity index is 2.63. The molecule has 0 aromatic heterocycles. The van der Waals surface area contributed by atoms with Crippen LogP contribution in [0.2, 0.25) is 0 Å². The Kier molecular flexibility index (Phi) is 1.80. The van der Waals surface area contributed by atoms with Crippen molar-refractivity contribution in [1.29, 1.82) is 0 Å². The van der Waals surface area contributed by atoms with E-state index in [0.29, 0.717) is 5.41 Å². The van der Waals surface area contributed by atoms with E-state index in [1.165, 1.54) is 12.8 Å². The van der Waals surface area contributed by atoms with Gasteiger partial charge in [0.2, 0.25) is 0 Å². The lowest BCUT2D eigenvalue weighted by Gasteiger charge is -2.34. The standard InChI is InChI=1S/C9H19N/c1-4-9(10,5-2)8(3)6-7-8/h4-7,10H2,1-3H3. The highest BCUT2D eigenvalue weighted by atomic mass is 14.8. The Hall–Kier alpha value is -0.0400. The normalized spacial score (nSPS) is 22.8. The highest BCUT2D eigenvalue weighted by molar-refractivity contribution is 5.07. The Morgan fingerprint density at radius 3 is 1.80 bits per heavy atom. The van der Waals surface area contributed by atoms with Gasteiger partial charge in [-0.3, -0.25) is 0 Å². The second kappa shape index (κ2) is 2.23. The van der Waals surface area contributed by atoms with Crippen LogP contribution in [0.3, 0.4) is 0 Å². The van der Waals surface area contributed by atoms with Crippen LogP contribution in [0.4, 0.5) is 0 Å². The van der Waals surface area contributed by atoms with Crippen LogP contribution in [0.15, 0.2) is 0 Å². The molecular weight excluding hydrogens is 122 g/mol. The minimum Gasteiger partial charge on any atom is -0.325 e. The predicted molar refractivity (Wildman–Crippen MR) is 44.8 cm³/mol. The summed E-state index contributed by atoms with van der Waals surface area (Å²) in [5.74, 6) is 0. The molecule has 1 heteroatoms. The lowest BCUT2D eigenvalue weighted by Crippen LogP contribution is -2.46. The molecule has 1 fully saturated rings. The highest BCUT2D eigenvalue weighted by Crippen LogP contribution is 2.54. The van der Waals surface area contributed by atoms with Gasteiger partial charge >= 0.3 is 0 Å². The molecule has 0 spiro atoms. The molecule has 0 aliphatic heterocycles. The first-order chi connectivity index (χ1) is 4.58. The van der Waals surface area contributed by atoms with E-state index >= 15 is 0 Å². The zero-order valence-corrected chi connectivity index (χ0v) is 7.41. The highest BCUT2D eigenvalue weighted by Gasteiger charge is 2.51. The van der Waals surface area contributed by atoms with E-state index in [2.05, 4.69) is 20.8 Å². The SMILES string of the molecule is CCC(N)(CC)C1(C)CC1. The number of nitrogens with two attached hydrogens (primary N) is 1. The van der Waals surface area contributed by atoms with Crippen molar-refractivity contribution in [3.8, 4) is 0 Å². The predicted octanol–water partition coefficient (Wildman–Crippen LogP) is 2.30. The lowest BCUT2D eigenvalue weighted by molar-refractivity contribution is 0.248. The first-order valence-electron chi connectivity index (χ1n) is 4.37. The molecule has 1 rings (SSSR count). The van der Waals surface area contributed by atoms with E-state index in [4.69, 9.17) is 5.73 Å². The van der Waals surface area contributed by atoms with Gasteiger partial charge < -0.3 is 5.73 Å². The van der Waals surface area contributed by atoms with Gasteiger partial charge in [-0.25, -0.2) is 0 Å². The number of rotatable bonds is 3. The summed E-state index contributed by atoms with van der Waals surface area (Å²) in [5, 5.41) is 0. The summed E-state index contributed by atoms with van der Waals surface area (Å²) < 4.78 is 0. The van der Waals surface area contributed by atoms with Gasteiger partial charge in [0.25, 0.3) is 0 Å². The van der Waals surface area contributed by atoms with Crippen LogP contribution < -0.4 is 5.73 Å². The fourth-order valence-electron chi connectivity index (χ4n) is 1.79. The second-order valence-corrected chi connectivity index (χ2v) is 3.92. The van der Waals surface area contributed by atoms with Crippen LogP contribution in [0.1, 0.15) is 46.5 Å². The smallest absolute Gasteiger partial charge is 0.0203 e. The molecule has 1 nitrogen and oxygen atoms in total. The fourth-order valence-corrected chi connectivity index (χ4v) is 1.79. The van der Waals surface area contributed by atoms with Crippen molar-refractivity contribution >= 4 is 0 Å². The van der Waals surface area contributed by atoms with Gasteiger partial charge in [-0.15, -0.1) is 0 Å². The molecule has 60 valence electrons. The summed E-state index contributed by atoms with van der Waals surface area (Å²) in [6.45, 7) is 6.72. The molecule has 10 heavy (non-hydrogen) atoms. The summed E-state index contributed by atoms with van der Waals surface area (Å²) in [4.78, 5) is 0. The summed E-state index contributed by atoms with van der Waals surface area (Å²) in [7, 11) is 0. The monoisotopic (exact) mass is 141 g/mol. The minimum atomic E-state index is 0.132. The molecule has 1 saturated carbocycles. The topological polar surface area (TPSA) is 26.0 Å². The lowest BCUT2D eigenvalue weighted by atomic mass is 9.79. The van der Waals surface area contributed by atoms with Gasteiger partial charge in [0.15, 0.2) is 0 Å². The fraction of sp³-hybridized carbons (Fsp3) is 1.00. The molecule has 0 aromatic rings. The van der Waals surface area contributed by atoms with E-state index in [1.807, 2.05) is 0 Å². The van der Waals surface area contributed by atoms with Gasteiger partial charge in [0, 0.05) is 5.54 Å². The van der Waals surface area contributed by atoms with Gasteiger partial charge in [-0.2, -0.15) is 0 Å². The average Bonchev–Trinajstić information content (AvgIpc) is 2.68. The molecule has 2 N–H and O–H groups in total. The molecule has 0 saturated heterocycles. The average molecular weight is 141 g/mol. The third-order valence-corrected chi connectivity index (χ3v) is 3.46. The van der Waals surface area contributed by atoms with E-state index < -0.39 is 0 Å². The maximum Gasteiger partial charge on any atom is 0.0203 e. The first-order valence-corrected chi connectivity index (χ1v) is 4.37. The summed E-state index contributed by atoms with van der Waals surface area (Å²) in [6, 6.07) is 0. The Labute approximate surface area is 64.0 Å². The van der Waals surface area contributed by atoms with Gasteiger partial charge in [0.1, 0.15) is 0 Å². The second-order valence-electron chi connectivity index (χ2n) is 3.92. The van der Waals surface area contributed by atoms with E-state index in [9.17, 15) is 0 Å². The molecule has 0 aromatic carbocycles. The molecule has 1 aliphatic rings. The van der Waals surface area contributed by atoms with Crippen LogP contribution >= 0.6 is 0 Å². The van der Waals surface area contributed by atoms with Crippen LogP contribution in [0.25, 0.3) is 0 Å². The van der Waals surface area contributed by atoms with E-state index in [0.717, 1.165) is 12.8 Å². The zero-order chi connectivity index (χ0) is 7.83. The third kappa shape index (κ3) is 0.968. The van der Waals surface area contributed by atoms with Crippen molar-refractivity contribution in [2.24, 2.45) is 11.1 Å². The number of hydrogen-bond acceptors (Lipinski definition) is 1. The maximum absolute atomic E-state index is 6.24. The number of hydrogen-bond donors (Lipinski definition) is 1. The van der Waals surface area contributed by atoms with Crippen LogP contribution in [0.5, 0.6) is 0 Å².